The number of methoxy groups -OCH3 is 1. The number of hydrogen-bond donors (Lipinski definition) is 2. The predicted octanol–water partition coefficient (Wildman–Crippen LogP) is 3.56. The van der Waals surface area contributed by atoms with Gasteiger partial charge in [-0.2, -0.15) is 0 Å². The Morgan fingerprint density at radius 3 is 2.42 bits per heavy atom. The minimum absolute atomic E-state index is 0.0799. The molecule has 0 saturated heterocycles. The maximum atomic E-state index is 8.99. The molecule has 0 atom stereocenters. The van der Waals surface area contributed by atoms with Gasteiger partial charge in [0.2, 0.25) is 0 Å². The third kappa shape index (κ3) is 3.98. The monoisotopic (exact) mass is 321 g/mol. The zero-order valence-corrected chi connectivity index (χ0v) is 12.3. The van der Waals surface area contributed by atoms with Crippen molar-refractivity contribution in [1.29, 1.82) is 0 Å². The van der Waals surface area contributed by atoms with Gasteiger partial charge in [0.25, 0.3) is 0 Å². The van der Waals surface area contributed by atoms with Crippen LogP contribution in [0.25, 0.3) is 0 Å². The highest BCUT2D eigenvalue weighted by Gasteiger charge is 2.00. The molecule has 0 radical (unpaired) electrons. The van der Waals surface area contributed by atoms with E-state index in [1.165, 1.54) is 0 Å². The van der Waals surface area contributed by atoms with Crippen LogP contribution < -0.4 is 10.1 Å². The van der Waals surface area contributed by atoms with E-state index in [-0.39, 0.29) is 6.61 Å². The summed E-state index contributed by atoms with van der Waals surface area (Å²) in [5.74, 6) is 0.813. The molecular formula is C15H16BrNO2. The van der Waals surface area contributed by atoms with Gasteiger partial charge < -0.3 is 15.2 Å². The first kappa shape index (κ1) is 13.9. The first-order chi connectivity index (χ1) is 9.21. The summed E-state index contributed by atoms with van der Waals surface area (Å²) >= 11 is 3.45. The SMILES string of the molecule is COc1cc(Br)cc(NCc2ccc(CO)cc2)c1. The van der Waals surface area contributed by atoms with Gasteiger partial charge in [-0.05, 0) is 23.3 Å². The van der Waals surface area contributed by atoms with Crippen molar-refractivity contribution in [2.24, 2.45) is 0 Å². The minimum Gasteiger partial charge on any atom is -0.497 e. The van der Waals surface area contributed by atoms with Crippen molar-refractivity contribution >= 4 is 21.6 Å². The second kappa shape index (κ2) is 6.59. The fourth-order valence-electron chi connectivity index (χ4n) is 1.75. The van der Waals surface area contributed by atoms with Crippen LogP contribution in [-0.2, 0) is 13.2 Å². The number of hydrogen-bond acceptors (Lipinski definition) is 3. The van der Waals surface area contributed by atoms with E-state index in [0.717, 1.165) is 33.6 Å². The third-order valence-electron chi connectivity index (χ3n) is 2.81. The summed E-state index contributed by atoms with van der Waals surface area (Å²) in [5, 5.41) is 12.3. The lowest BCUT2D eigenvalue weighted by molar-refractivity contribution is 0.282. The van der Waals surface area contributed by atoms with E-state index in [1.54, 1.807) is 7.11 Å². The fourth-order valence-corrected chi connectivity index (χ4v) is 2.22. The van der Waals surface area contributed by atoms with Crippen LogP contribution in [0.1, 0.15) is 11.1 Å². The summed E-state index contributed by atoms with van der Waals surface area (Å²) in [6.07, 6.45) is 0. The zero-order chi connectivity index (χ0) is 13.7. The Morgan fingerprint density at radius 2 is 1.79 bits per heavy atom. The molecule has 0 bridgehead atoms. The summed E-state index contributed by atoms with van der Waals surface area (Å²) in [5.41, 5.74) is 3.08. The lowest BCUT2D eigenvalue weighted by Crippen LogP contribution is -2.00. The van der Waals surface area contributed by atoms with Gasteiger partial charge in [-0.15, -0.1) is 0 Å². The molecule has 4 heteroatoms. The second-order valence-corrected chi connectivity index (χ2v) is 5.12. The molecule has 0 aromatic heterocycles. The van der Waals surface area contributed by atoms with E-state index in [1.807, 2.05) is 42.5 Å². The normalized spacial score (nSPS) is 10.3. The Bertz CT molecular complexity index is 540. The number of ether oxygens (including phenoxy) is 1. The molecule has 0 aliphatic heterocycles. The van der Waals surface area contributed by atoms with Crippen molar-refractivity contribution in [3.8, 4) is 5.75 Å². The molecule has 2 aromatic carbocycles. The number of benzene rings is 2. The van der Waals surface area contributed by atoms with Crippen LogP contribution in [0, 0.1) is 0 Å². The molecule has 0 aliphatic rings. The molecule has 0 saturated carbocycles. The average Bonchev–Trinajstić information content (AvgIpc) is 2.45. The van der Waals surface area contributed by atoms with Gasteiger partial charge in [-0.1, -0.05) is 40.2 Å². The van der Waals surface area contributed by atoms with E-state index in [0.29, 0.717) is 0 Å². The molecule has 0 unspecified atom stereocenters. The van der Waals surface area contributed by atoms with Crippen LogP contribution in [0.15, 0.2) is 46.9 Å². The maximum Gasteiger partial charge on any atom is 0.122 e. The molecule has 0 heterocycles. The van der Waals surface area contributed by atoms with Crippen molar-refractivity contribution in [2.75, 3.05) is 12.4 Å². The van der Waals surface area contributed by atoms with E-state index >= 15 is 0 Å². The number of aliphatic hydroxyl groups is 1. The van der Waals surface area contributed by atoms with E-state index in [2.05, 4.69) is 21.2 Å². The highest BCUT2D eigenvalue weighted by atomic mass is 79.9. The molecule has 0 spiro atoms. The Balaban J connectivity index is 2.03. The molecule has 100 valence electrons. The predicted molar refractivity (Wildman–Crippen MR) is 80.4 cm³/mol. The molecule has 2 rings (SSSR count). The topological polar surface area (TPSA) is 41.5 Å². The Kier molecular flexibility index (Phi) is 4.82. The molecule has 2 N–H and O–H groups in total. The molecule has 0 fully saturated rings. The first-order valence-electron chi connectivity index (χ1n) is 5.98. The molecule has 19 heavy (non-hydrogen) atoms. The van der Waals surface area contributed by atoms with Crippen LogP contribution in [0.3, 0.4) is 0 Å². The van der Waals surface area contributed by atoms with Crippen molar-refractivity contribution in [3.63, 3.8) is 0 Å². The van der Waals surface area contributed by atoms with Gasteiger partial charge in [-0.25, -0.2) is 0 Å². The largest absolute Gasteiger partial charge is 0.497 e. The summed E-state index contributed by atoms with van der Waals surface area (Å²) < 4.78 is 6.20. The molecule has 0 aliphatic carbocycles. The quantitative estimate of drug-likeness (QED) is 0.884. The molecule has 0 amide bonds. The number of rotatable bonds is 5. The van der Waals surface area contributed by atoms with E-state index in [9.17, 15) is 0 Å². The van der Waals surface area contributed by atoms with Gasteiger partial charge in [0.05, 0.1) is 13.7 Å². The van der Waals surface area contributed by atoms with Gasteiger partial charge in [0.15, 0.2) is 0 Å². The number of aliphatic hydroxyl groups excluding tert-OH is 1. The van der Waals surface area contributed by atoms with E-state index < -0.39 is 0 Å². The smallest absolute Gasteiger partial charge is 0.122 e. The van der Waals surface area contributed by atoms with Crippen LogP contribution in [-0.4, -0.2) is 12.2 Å². The van der Waals surface area contributed by atoms with Gasteiger partial charge in [-0.3, -0.25) is 0 Å². The standard InChI is InChI=1S/C15H16BrNO2/c1-19-15-7-13(16)6-14(8-15)17-9-11-2-4-12(10-18)5-3-11/h2-8,17-18H,9-10H2,1H3. The third-order valence-corrected chi connectivity index (χ3v) is 3.27. The summed E-state index contributed by atoms with van der Waals surface area (Å²) in [4.78, 5) is 0. The average molecular weight is 322 g/mol. The second-order valence-electron chi connectivity index (χ2n) is 4.21. The fraction of sp³-hybridized carbons (Fsp3) is 0.200. The summed E-state index contributed by atoms with van der Waals surface area (Å²) in [6.45, 7) is 0.807. The van der Waals surface area contributed by atoms with Crippen LogP contribution in [0.5, 0.6) is 5.75 Å². The molecule has 3 nitrogen and oxygen atoms in total. The maximum absolute atomic E-state index is 8.99. The van der Waals surface area contributed by atoms with Crippen LogP contribution >= 0.6 is 15.9 Å². The molecular weight excluding hydrogens is 306 g/mol. The zero-order valence-electron chi connectivity index (χ0n) is 10.7. The highest BCUT2D eigenvalue weighted by molar-refractivity contribution is 9.10. The van der Waals surface area contributed by atoms with Gasteiger partial charge >= 0.3 is 0 Å². The van der Waals surface area contributed by atoms with Crippen molar-refractivity contribution < 1.29 is 9.84 Å². The summed E-state index contributed by atoms with van der Waals surface area (Å²) in [6, 6.07) is 13.7. The summed E-state index contributed by atoms with van der Waals surface area (Å²) in [7, 11) is 1.65. The van der Waals surface area contributed by atoms with Gasteiger partial charge in [0, 0.05) is 22.8 Å². The number of halogens is 1. The lowest BCUT2D eigenvalue weighted by atomic mass is 10.1. The number of anilines is 1. The van der Waals surface area contributed by atoms with Crippen molar-refractivity contribution in [3.05, 3.63) is 58.1 Å². The Labute approximate surface area is 121 Å². The van der Waals surface area contributed by atoms with Crippen LogP contribution in [0.4, 0.5) is 5.69 Å². The van der Waals surface area contributed by atoms with Crippen molar-refractivity contribution in [2.45, 2.75) is 13.2 Å². The van der Waals surface area contributed by atoms with Crippen molar-refractivity contribution in [1.82, 2.24) is 0 Å². The first-order valence-corrected chi connectivity index (χ1v) is 6.77. The number of nitrogens with one attached hydrogen (secondary N) is 1. The lowest BCUT2D eigenvalue weighted by Gasteiger charge is -2.09. The Morgan fingerprint density at radius 1 is 1.11 bits per heavy atom. The minimum atomic E-state index is 0.0799. The molecule has 2 aromatic rings. The Hall–Kier alpha value is -1.52. The van der Waals surface area contributed by atoms with Crippen LogP contribution in [0.2, 0.25) is 0 Å². The van der Waals surface area contributed by atoms with E-state index in [4.69, 9.17) is 9.84 Å². The highest BCUT2D eigenvalue weighted by Crippen LogP contribution is 2.24. The van der Waals surface area contributed by atoms with Gasteiger partial charge in [0.1, 0.15) is 5.75 Å².